The van der Waals surface area contributed by atoms with Crippen LogP contribution in [0.25, 0.3) is 0 Å². The van der Waals surface area contributed by atoms with Crippen LogP contribution in [-0.4, -0.2) is 50.2 Å². The summed E-state index contributed by atoms with van der Waals surface area (Å²) in [4.78, 5) is 14.1. The lowest BCUT2D eigenvalue weighted by Gasteiger charge is -2.29. The molecule has 2 aliphatic rings. The molecule has 2 fully saturated rings. The third-order valence-electron chi connectivity index (χ3n) is 3.73. The average Bonchev–Trinajstić information content (AvgIpc) is 2.89. The lowest BCUT2D eigenvalue weighted by atomic mass is 9.88. The summed E-state index contributed by atoms with van der Waals surface area (Å²) in [6.45, 7) is 5.42. The molecule has 0 aromatic heterocycles. The summed E-state index contributed by atoms with van der Waals surface area (Å²) < 4.78 is 5.56. The van der Waals surface area contributed by atoms with Crippen LogP contribution in [0.1, 0.15) is 26.2 Å². The molecule has 2 saturated heterocycles. The maximum atomic E-state index is 12.3. The second-order valence-electron chi connectivity index (χ2n) is 5.31. The van der Waals surface area contributed by atoms with E-state index in [0.29, 0.717) is 0 Å². The Labute approximate surface area is 97.3 Å². The van der Waals surface area contributed by atoms with Crippen LogP contribution in [0.5, 0.6) is 0 Å². The highest BCUT2D eigenvalue weighted by Crippen LogP contribution is 2.27. The molecule has 92 valence electrons. The van der Waals surface area contributed by atoms with E-state index in [9.17, 15) is 4.79 Å². The van der Waals surface area contributed by atoms with Crippen molar-refractivity contribution in [3.05, 3.63) is 0 Å². The quantitative estimate of drug-likeness (QED) is 0.767. The summed E-state index contributed by atoms with van der Waals surface area (Å²) in [5.41, 5.74) is -0.201. The zero-order valence-electron chi connectivity index (χ0n) is 10.3. The van der Waals surface area contributed by atoms with Crippen molar-refractivity contribution < 1.29 is 9.53 Å². The molecule has 0 radical (unpaired) electrons. The Kier molecular flexibility index (Phi) is 3.50. The molecule has 0 spiro atoms. The van der Waals surface area contributed by atoms with Crippen molar-refractivity contribution in [1.82, 2.24) is 10.2 Å². The second kappa shape index (κ2) is 4.72. The Morgan fingerprint density at radius 1 is 1.62 bits per heavy atom. The number of rotatable bonds is 3. The standard InChI is InChI=1S/C12H22N2O2/c1-12(5-6-13-9-12)11(15)14(2)8-10-4-3-7-16-10/h10,13H,3-9H2,1-2H3. The molecule has 2 atom stereocenters. The molecule has 1 N–H and O–H groups in total. The zero-order valence-corrected chi connectivity index (χ0v) is 10.3. The number of nitrogens with zero attached hydrogens (tertiary/aromatic N) is 1. The van der Waals surface area contributed by atoms with E-state index in [-0.39, 0.29) is 17.4 Å². The first-order valence-corrected chi connectivity index (χ1v) is 6.20. The number of hydrogen-bond donors (Lipinski definition) is 1. The van der Waals surface area contributed by atoms with Gasteiger partial charge in [0.05, 0.1) is 11.5 Å². The lowest BCUT2D eigenvalue weighted by molar-refractivity contribution is -0.140. The SMILES string of the molecule is CN(CC1CCCO1)C(=O)C1(C)CCNC1. The number of ether oxygens (including phenoxy) is 1. The fourth-order valence-electron chi connectivity index (χ4n) is 2.64. The molecule has 0 aromatic carbocycles. The molecule has 4 heteroatoms. The molecule has 2 heterocycles. The Bertz CT molecular complexity index is 256. The van der Waals surface area contributed by atoms with Gasteiger partial charge in [0.25, 0.3) is 0 Å². The largest absolute Gasteiger partial charge is 0.376 e. The van der Waals surface area contributed by atoms with Gasteiger partial charge in [-0.25, -0.2) is 0 Å². The van der Waals surface area contributed by atoms with E-state index in [1.807, 2.05) is 11.9 Å². The Balaban J connectivity index is 1.88. The van der Waals surface area contributed by atoms with Crippen LogP contribution in [0.4, 0.5) is 0 Å². The van der Waals surface area contributed by atoms with Crippen molar-refractivity contribution in [2.24, 2.45) is 5.41 Å². The van der Waals surface area contributed by atoms with Crippen molar-refractivity contribution in [3.63, 3.8) is 0 Å². The van der Waals surface area contributed by atoms with Gasteiger partial charge in [0.15, 0.2) is 0 Å². The van der Waals surface area contributed by atoms with Crippen LogP contribution in [0.3, 0.4) is 0 Å². The molecule has 0 aromatic rings. The lowest BCUT2D eigenvalue weighted by Crippen LogP contribution is -2.44. The topological polar surface area (TPSA) is 41.6 Å². The minimum Gasteiger partial charge on any atom is -0.376 e. The summed E-state index contributed by atoms with van der Waals surface area (Å²) in [6.07, 6.45) is 3.42. The molecule has 2 rings (SSSR count). The van der Waals surface area contributed by atoms with Gasteiger partial charge in [-0.3, -0.25) is 4.79 Å². The smallest absolute Gasteiger partial charge is 0.229 e. The number of hydrogen-bond acceptors (Lipinski definition) is 3. The van der Waals surface area contributed by atoms with E-state index in [4.69, 9.17) is 4.74 Å². The van der Waals surface area contributed by atoms with Crippen molar-refractivity contribution in [2.75, 3.05) is 33.3 Å². The van der Waals surface area contributed by atoms with Crippen molar-refractivity contribution in [3.8, 4) is 0 Å². The molecule has 0 aliphatic carbocycles. The van der Waals surface area contributed by atoms with Gasteiger partial charge >= 0.3 is 0 Å². The van der Waals surface area contributed by atoms with Crippen LogP contribution in [0.15, 0.2) is 0 Å². The van der Waals surface area contributed by atoms with Gasteiger partial charge in [0.1, 0.15) is 0 Å². The highest BCUT2D eigenvalue weighted by molar-refractivity contribution is 5.82. The van der Waals surface area contributed by atoms with Crippen LogP contribution >= 0.6 is 0 Å². The van der Waals surface area contributed by atoms with E-state index < -0.39 is 0 Å². The summed E-state index contributed by atoms with van der Waals surface area (Å²) in [7, 11) is 1.90. The van der Waals surface area contributed by atoms with Crippen LogP contribution < -0.4 is 5.32 Å². The van der Waals surface area contributed by atoms with Crippen molar-refractivity contribution >= 4 is 5.91 Å². The van der Waals surface area contributed by atoms with Gasteiger partial charge in [-0.05, 0) is 32.7 Å². The molecule has 16 heavy (non-hydrogen) atoms. The Morgan fingerprint density at radius 3 is 3.00 bits per heavy atom. The number of nitrogens with one attached hydrogen (secondary N) is 1. The van der Waals surface area contributed by atoms with Gasteiger partial charge < -0.3 is 15.0 Å². The Hall–Kier alpha value is -0.610. The molecular weight excluding hydrogens is 204 g/mol. The minimum absolute atomic E-state index is 0.201. The Morgan fingerprint density at radius 2 is 2.44 bits per heavy atom. The summed E-state index contributed by atoms with van der Waals surface area (Å²) in [6, 6.07) is 0. The van der Waals surface area contributed by atoms with E-state index >= 15 is 0 Å². The third-order valence-corrected chi connectivity index (χ3v) is 3.73. The molecule has 4 nitrogen and oxygen atoms in total. The predicted octanol–water partition coefficient (Wildman–Crippen LogP) is 0.623. The first-order valence-electron chi connectivity index (χ1n) is 6.20. The average molecular weight is 226 g/mol. The summed E-state index contributed by atoms with van der Waals surface area (Å²) in [5, 5.41) is 3.26. The molecule has 1 amide bonds. The van der Waals surface area contributed by atoms with Gasteiger partial charge in [-0.2, -0.15) is 0 Å². The van der Waals surface area contributed by atoms with Crippen LogP contribution in [0, 0.1) is 5.41 Å². The second-order valence-corrected chi connectivity index (χ2v) is 5.31. The first-order chi connectivity index (χ1) is 7.62. The monoisotopic (exact) mass is 226 g/mol. The molecule has 2 aliphatic heterocycles. The summed E-state index contributed by atoms with van der Waals surface area (Å²) >= 11 is 0. The highest BCUT2D eigenvalue weighted by atomic mass is 16.5. The normalized spacial score (nSPS) is 34.2. The first kappa shape index (κ1) is 11.9. The van der Waals surface area contributed by atoms with Gasteiger partial charge in [-0.1, -0.05) is 0 Å². The number of likely N-dealkylation sites (N-methyl/N-ethyl adjacent to an activating group) is 1. The number of amides is 1. The van der Waals surface area contributed by atoms with E-state index in [1.54, 1.807) is 0 Å². The van der Waals surface area contributed by atoms with Crippen molar-refractivity contribution in [2.45, 2.75) is 32.3 Å². The zero-order chi connectivity index (χ0) is 11.6. The number of carbonyl (C=O) groups excluding carboxylic acids is 1. The maximum Gasteiger partial charge on any atom is 0.229 e. The maximum absolute atomic E-state index is 12.3. The molecule has 0 bridgehead atoms. The fourth-order valence-corrected chi connectivity index (χ4v) is 2.64. The van der Waals surface area contributed by atoms with Crippen LogP contribution in [-0.2, 0) is 9.53 Å². The molecule has 0 saturated carbocycles. The highest BCUT2D eigenvalue weighted by Gasteiger charge is 2.38. The van der Waals surface area contributed by atoms with E-state index in [2.05, 4.69) is 12.2 Å². The van der Waals surface area contributed by atoms with Gasteiger partial charge in [0, 0.05) is 26.7 Å². The molecular formula is C12H22N2O2. The van der Waals surface area contributed by atoms with E-state index in [0.717, 1.165) is 45.5 Å². The summed E-state index contributed by atoms with van der Waals surface area (Å²) in [5.74, 6) is 0.257. The van der Waals surface area contributed by atoms with Crippen LogP contribution in [0.2, 0.25) is 0 Å². The minimum atomic E-state index is -0.201. The predicted molar refractivity (Wildman–Crippen MR) is 62.2 cm³/mol. The fraction of sp³-hybridized carbons (Fsp3) is 0.917. The van der Waals surface area contributed by atoms with Gasteiger partial charge in [-0.15, -0.1) is 0 Å². The number of carbonyl (C=O) groups is 1. The van der Waals surface area contributed by atoms with Gasteiger partial charge in [0.2, 0.25) is 5.91 Å². The third kappa shape index (κ3) is 2.38. The van der Waals surface area contributed by atoms with E-state index in [1.165, 1.54) is 0 Å². The van der Waals surface area contributed by atoms with Crippen molar-refractivity contribution in [1.29, 1.82) is 0 Å². The molecule has 2 unspecified atom stereocenters.